The monoisotopic (exact) mass is 1410 g/mol. The van der Waals surface area contributed by atoms with Gasteiger partial charge < -0.3 is 33.8 Å². The molecule has 0 aromatic heterocycles. The molecule has 96 heavy (non-hydrogen) atoms. The van der Waals surface area contributed by atoms with Gasteiger partial charge in [0.1, 0.15) is 19.3 Å². The minimum absolute atomic E-state index is 0.105. The topological polar surface area (TPSA) is 237 Å². The maximum absolute atomic E-state index is 13.1. The number of unbranched alkanes of at least 4 members (excludes halogenated alkanes) is 46. The molecule has 0 saturated heterocycles. The fraction of sp³-hybridized carbons (Fsp3) is 0.948. The molecule has 0 spiro atoms. The zero-order valence-electron chi connectivity index (χ0n) is 62.7. The molecule has 570 valence electrons. The summed E-state index contributed by atoms with van der Waals surface area (Å²) in [6, 6.07) is 0. The lowest BCUT2D eigenvalue weighted by Gasteiger charge is -2.21. The fourth-order valence-electron chi connectivity index (χ4n) is 11.8. The minimum atomic E-state index is -4.96. The van der Waals surface area contributed by atoms with Crippen molar-refractivity contribution in [3.05, 3.63) is 0 Å². The first-order chi connectivity index (χ1) is 46.4. The Hall–Kier alpha value is -1.94. The van der Waals surface area contributed by atoms with Crippen LogP contribution < -0.4 is 0 Å². The second-order valence-electron chi connectivity index (χ2n) is 28.7. The summed E-state index contributed by atoms with van der Waals surface area (Å²) < 4.78 is 68.5. The zero-order valence-corrected chi connectivity index (χ0v) is 64.5. The van der Waals surface area contributed by atoms with Gasteiger partial charge >= 0.3 is 39.5 Å². The number of hydrogen-bond acceptors (Lipinski definition) is 15. The summed E-state index contributed by atoms with van der Waals surface area (Å²) in [5.41, 5.74) is 0. The summed E-state index contributed by atoms with van der Waals surface area (Å²) in [4.78, 5) is 72.8. The maximum atomic E-state index is 13.1. The van der Waals surface area contributed by atoms with Crippen LogP contribution in [0, 0.1) is 11.8 Å². The normalized spacial score (nSPS) is 14.0. The van der Waals surface area contributed by atoms with Crippen molar-refractivity contribution in [2.75, 3.05) is 39.6 Å². The van der Waals surface area contributed by atoms with E-state index < -0.39 is 97.5 Å². The number of rotatable bonds is 76. The highest BCUT2D eigenvalue weighted by molar-refractivity contribution is 7.47. The average molecular weight is 1410 g/mol. The third-order valence-corrected chi connectivity index (χ3v) is 19.9. The van der Waals surface area contributed by atoms with Gasteiger partial charge in [-0.3, -0.25) is 37.3 Å². The predicted octanol–water partition coefficient (Wildman–Crippen LogP) is 22.7. The highest BCUT2D eigenvalue weighted by atomic mass is 31.2. The SMILES string of the molecule is CCCCCCCCCCCCCCCCCCCCC(=O)O[C@H](COC(=O)CCCCCCCCCCCCCCCCC(C)C)COP(=O)(O)OC[C@@H](O)COP(=O)(O)OC[C@@H](COC(=O)CCCCCCCCCCCC)OC(=O)CCCCCCCCCCC(C)C. The molecule has 0 bridgehead atoms. The van der Waals surface area contributed by atoms with E-state index in [4.69, 9.17) is 37.0 Å². The number of carbonyl (C=O) groups excluding carboxylic acids is 4. The lowest BCUT2D eigenvalue weighted by atomic mass is 10.0. The van der Waals surface area contributed by atoms with Gasteiger partial charge in [0.15, 0.2) is 12.2 Å². The van der Waals surface area contributed by atoms with E-state index in [2.05, 4.69) is 41.5 Å². The van der Waals surface area contributed by atoms with Gasteiger partial charge in [-0.15, -0.1) is 0 Å². The van der Waals surface area contributed by atoms with Crippen molar-refractivity contribution in [3.63, 3.8) is 0 Å². The number of hydrogen-bond donors (Lipinski definition) is 3. The number of phosphoric ester groups is 2. The maximum Gasteiger partial charge on any atom is 0.472 e. The van der Waals surface area contributed by atoms with E-state index in [9.17, 15) is 43.2 Å². The molecule has 17 nitrogen and oxygen atoms in total. The van der Waals surface area contributed by atoms with Crippen LogP contribution in [0.3, 0.4) is 0 Å². The van der Waals surface area contributed by atoms with Crippen molar-refractivity contribution in [2.24, 2.45) is 11.8 Å². The Morgan fingerprint density at radius 3 is 0.708 bits per heavy atom. The molecule has 19 heteroatoms. The van der Waals surface area contributed by atoms with Crippen molar-refractivity contribution in [1.82, 2.24) is 0 Å². The third kappa shape index (κ3) is 70.5. The Bertz CT molecular complexity index is 1860. The van der Waals surface area contributed by atoms with Crippen LogP contribution in [0.5, 0.6) is 0 Å². The third-order valence-electron chi connectivity index (χ3n) is 18.0. The second-order valence-corrected chi connectivity index (χ2v) is 31.6. The smallest absolute Gasteiger partial charge is 0.462 e. The van der Waals surface area contributed by atoms with Gasteiger partial charge in [-0.2, -0.15) is 0 Å². The quantitative estimate of drug-likeness (QED) is 0.0222. The molecule has 0 aromatic rings. The Kier molecular flexibility index (Phi) is 67.4. The van der Waals surface area contributed by atoms with Gasteiger partial charge in [-0.05, 0) is 37.5 Å². The molecule has 0 radical (unpaired) electrons. The number of esters is 4. The number of carbonyl (C=O) groups is 4. The largest absolute Gasteiger partial charge is 0.472 e. The highest BCUT2D eigenvalue weighted by Gasteiger charge is 2.30. The summed E-state index contributed by atoms with van der Waals surface area (Å²) in [6.07, 6.45) is 56.9. The van der Waals surface area contributed by atoms with Crippen LogP contribution in [0.4, 0.5) is 0 Å². The predicted molar refractivity (Wildman–Crippen MR) is 391 cm³/mol. The van der Waals surface area contributed by atoms with Crippen LogP contribution in [0.25, 0.3) is 0 Å². The van der Waals surface area contributed by atoms with E-state index in [-0.39, 0.29) is 25.7 Å². The van der Waals surface area contributed by atoms with Crippen LogP contribution in [0.1, 0.15) is 401 Å². The van der Waals surface area contributed by atoms with Crippen molar-refractivity contribution in [2.45, 2.75) is 419 Å². The van der Waals surface area contributed by atoms with Crippen molar-refractivity contribution in [1.29, 1.82) is 0 Å². The van der Waals surface area contributed by atoms with E-state index in [0.717, 1.165) is 102 Å². The Morgan fingerprint density at radius 2 is 0.479 bits per heavy atom. The Morgan fingerprint density at radius 1 is 0.281 bits per heavy atom. The molecular formula is C77H150O17P2. The summed E-state index contributed by atoms with van der Waals surface area (Å²) >= 11 is 0. The van der Waals surface area contributed by atoms with Gasteiger partial charge in [-0.25, -0.2) is 9.13 Å². The van der Waals surface area contributed by atoms with Crippen molar-refractivity contribution in [3.8, 4) is 0 Å². The molecule has 0 heterocycles. The molecule has 2 unspecified atom stereocenters. The van der Waals surface area contributed by atoms with E-state index in [1.807, 2.05) is 0 Å². The molecule has 0 amide bonds. The first-order valence-corrected chi connectivity index (χ1v) is 43.0. The van der Waals surface area contributed by atoms with E-state index in [0.29, 0.717) is 25.7 Å². The van der Waals surface area contributed by atoms with E-state index in [1.165, 1.54) is 218 Å². The Labute approximate surface area is 588 Å². The molecule has 3 N–H and O–H groups in total. The average Bonchev–Trinajstić information content (AvgIpc) is 1.55. The van der Waals surface area contributed by atoms with Crippen molar-refractivity contribution < 1.29 is 80.2 Å². The summed E-state index contributed by atoms with van der Waals surface area (Å²) in [6.45, 7) is 9.58. The second kappa shape index (κ2) is 68.8. The van der Waals surface area contributed by atoms with Crippen molar-refractivity contribution >= 4 is 39.5 Å². The minimum Gasteiger partial charge on any atom is -0.462 e. The molecule has 0 aliphatic rings. The summed E-state index contributed by atoms with van der Waals surface area (Å²) in [7, 11) is -9.91. The van der Waals surface area contributed by atoms with Crippen LogP contribution in [-0.4, -0.2) is 96.7 Å². The zero-order chi connectivity index (χ0) is 70.7. The summed E-state index contributed by atoms with van der Waals surface area (Å²) in [5, 5.41) is 10.6. The standard InChI is InChI=1S/C77H150O17P2/c1-7-9-11-13-15-17-19-20-21-22-23-24-29-32-36-43-49-55-61-76(81)93-72(65-88-75(80)60-54-48-42-35-31-28-26-25-27-30-33-39-45-51-57-69(3)4)67-91-95(83,84)89-63-71(78)64-90-96(85,86)92-68-73(66-87-74(79)59-53-47-41-34-18-16-14-12-10-8-2)94-77(82)62-56-50-44-38-37-40-46-52-58-70(5)6/h69-73,78H,7-68H2,1-6H3,(H,83,84)(H,85,86)/t71-,72-,73-/m1/s1. The highest BCUT2D eigenvalue weighted by Crippen LogP contribution is 2.45. The van der Waals surface area contributed by atoms with Crippen LogP contribution in [0.2, 0.25) is 0 Å². The van der Waals surface area contributed by atoms with Gasteiger partial charge in [0.05, 0.1) is 26.4 Å². The molecule has 0 aliphatic heterocycles. The number of ether oxygens (including phenoxy) is 4. The van der Waals surface area contributed by atoms with E-state index in [1.54, 1.807) is 0 Å². The van der Waals surface area contributed by atoms with Gasteiger partial charge in [0.2, 0.25) is 0 Å². The van der Waals surface area contributed by atoms with Crippen LogP contribution in [-0.2, 0) is 65.4 Å². The first kappa shape index (κ1) is 94.1. The number of phosphoric acid groups is 2. The lowest BCUT2D eigenvalue weighted by Crippen LogP contribution is -2.30. The molecule has 0 saturated carbocycles. The molecule has 0 aromatic carbocycles. The van der Waals surface area contributed by atoms with E-state index >= 15 is 0 Å². The molecule has 0 rings (SSSR count). The van der Waals surface area contributed by atoms with Crippen LogP contribution in [0.15, 0.2) is 0 Å². The number of aliphatic hydroxyl groups is 1. The van der Waals surface area contributed by atoms with Gasteiger partial charge in [0, 0.05) is 25.7 Å². The molecule has 5 atom stereocenters. The van der Waals surface area contributed by atoms with Crippen LogP contribution >= 0.6 is 15.6 Å². The lowest BCUT2D eigenvalue weighted by molar-refractivity contribution is -0.161. The molecular weight excluding hydrogens is 1260 g/mol. The Balaban J connectivity index is 5.22. The number of aliphatic hydroxyl groups excluding tert-OH is 1. The summed E-state index contributed by atoms with van der Waals surface area (Å²) in [5.74, 6) is -0.598. The fourth-order valence-corrected chi connectivity index (χ4v) is 13.4. The molecule has 0 aliphatic carbocycles. The first-order valence-electron chi connectivity index (χ1n) is 40.0. The van der Waals surface area contributed by atoms with Gasteiger partial charge in [-0.1, -0.05) is 350 Å². The molecule has 0 fully saturated rings. The van der Waals surface area contributed by atoms with Gasteiger partial charge in [0.25, 0.3) is 0 Å².